The normalized spacial score (nSPS) is 12.4. The fourth-order valence-corrected chi connectivity index (χ4v) is 8.11. The summed E-state index contributed by atoms with van der Waals surface area (Å²) < 4.78 is 23.0. The molecule has 57 heavy (non-hydrogen) atoms. The van der Waals surface area contributed by atoms with Crippen LogP contribution in [0.5, 0.6) is 11.5 Å². The van der Waals surface area contributed by atoms with E-state index in [4.69, 9.17) is 9.72 Å². The van der Waals surface area contributed by atoms with Crippen LogP contribution in [0.25, 0.3) is 38.8 Å². The third-order valence-corrected chi connectivity index (χ3v) is 11.6. The van der Waals surface area contributed by atoms with Gasteiger partial charge < -0.3 is 19.1 Å². The van der Waals surface area contributed by atoms with Crippen LogP contribution in [0.15, 0.2) is 115 Å². The zero-order valence-electron chi connectivity index (χ0n) is 33.0. The van der Waals surface area contributed by atoms with E-state index in [1.165, 1.54) is 51.1 Å². The maximum Gasteiger partial charge on any atom is 0.135 e. The molecule has 7 heteroatoms. The summed E-state index contributed by atoms with van der Waals surface area (Å²) >= 11 is 0. The number of benzene rings is 6. The van der Waals surface area contributed by atoms with Crippen molar-refractivity contribution in [3.05, 3.63) is 173 Å². The molecule has 0 atom stereocenters. The minimum atomic E-state index is -0.272. The molecule has 3 heterocycles. The van der Waals surface area contributed by atoms with E-state index in [1.54, 1.807) is 12.1 Å². The van der Waals surface area contributed by atoms with Gasteiger partial charge in [-0.2, -0.15) is 6.07 Å². The molecule has 0 aliphatic carbocycles. The number of aromatic nitrogens is 2. The number of pyridine rings is 1. The van der Waals surface area contributed by atoms with Gasteiger partial charge in [0.05, 0.1) is 0 Å². The monoisotopic (exact) mass is 928 g/mol. The van der Waals surface area contributed by atoms with Gasteiger partial charge in [0, 0.05) is 61.3 Å². The molecule has 288 valence electrons. The molecule has 6 aromatic carbocycles. The van der Waals surface area contributed by atoms with Gasteiger partial charge in [-0.15, -0.1) is 53.6 Å². The predicted octanol–water partition coefficient (Wildman–Crippen LogP) is 13.4. The standard InChI is InChI=1S/C50H42FN4O.Pt/c1-30(2)36-22-23-52-49(26-36)55-45-13-9-8-12-43(45)44-21-20-41(28-48(44)55)56-42-25-37(50-34(6)32(4)31(3)33(5)35(50)7)24-40(27-42)54-29-53(39-18-16-38(51)17-19-39)46-14-10-11-15-47(46)54;/h8-26,29-30H,1-7H3;/q-3;. The van der Waals surface area contributed by atoms with Crippen LogP contribution in [0.1, 0.15) is 53.1 Å². The zero-order valence-corrected chi connectivity index (χ0v) is 35.3. The number of para-hydroxylation sites is 3. The quantitative estimate of drug-likeness (QED) is 0.149. The number of hydrogen-bond acceptors (Lipinski definition) is 4. The van der Waals surface area contributed by atoms with Crippen molar-refractivity contribution in [2.75, 3.05) is 9.80 Å². The van der Waals surface area contributed by atoms with Gasteiger partial charge in [0.2, 0.25) is 0 Å². The summed E-state index contributed by atoms with van der Waals surface area (Å²) in [6, 6.07) is 43.1. The fraction of sp³-hybridized carbons (Fsp3) is 0.160. The van der Waals surface area contributed by atoms with E-state index in [9.17, 15) is 4.39 Å². The zero-order chi connectivity index (χ0) is 38.8. The number of nitrogens with zero attached hydrogens (tertiary/aromatic N) is 4. The average molecular weight is 929 g/mol. The molecular formula is C50H42FN4OPt-3. The molecule has 0 fully saturated rings. The van der Waals surface area contributed by atoms with Crippen LogP contribution in [-0.4, -0.2) is 9.55 Å². The average Bonchev–Trinajstić information content (AvgIpc) is 3.76. The van der Waals surface area contributed by atoms with Crippen LogP contribution in [0.2, 0.25) is 0 Å². The van der Waals surface area contributed by atoms with Crippen molar-refractivity contribution in [1.29, 1.82) is 0 Å². The molecule has 0 unspecified atom stereocenters. The molecule has 8 aromatic rings. The summed E-state index contributed by atoms with van der Waals surface area (Å²) in [6.07, 6.45) is 1.89. The van der Waals surface area contributed by atoms with Gasteiger partial charge in [-0.25, -0.2) is 9.37 Å². The van der Waals surface area contributed by atoms with Crippen molar-refractivity contribution in [3.63, 3.8) is 0 Å². The first kappa shape index (κ1) is 38.2. The van der Waals surface area contributed by atoms with Crippen LogP contribution in [0.4, 0.5) is 27.1 Å². The van der Waals surface area contributed by atoms with Gasteiger partial charge in [0.15, 0.2) is 0 Å². The second-order valence-electron chi connectivity index (χ2n) is 15.1. The van der Waals surface area contributed by atoms with E-state index in [1.807, 2.05) is 31.1 Å². The largest absolute Gasteiger partial charge is 0.509 e. The number of rotatable bonds is 7. The number of anilines is 4. The third kappa shape index (κ3) is 6.60. The summed E-state index contributed by atoms with van der Waals surface area (Å²) in [7, 11) is 0. The molecule has 0 saturated carbocycles. The van der Waals surface area contributed by atoms with Gasteiger partial charge >= 0.3 is 0 Å². The van der Waals surface area contributed by atoms with E-state index < -0.39 is 0 Å². The smallest absolute Gasteiger partial charge is 0.135 e. The van der Waals surface area contributed by atoms with Crippen molar-refractivity contribution >= 4 is 44.6 Å². The molecule has 0 amide bonds. The van der Waals surface area contributed by atoms with Crippen molar-refractivity contribution in [2.24, 2.45) is 0 Å². The van der Waals surface area contributed by atoms with Crippen LogP contribution in [0, 0.1) is 59.2 Å². The molecule has 1 aliphatic heterocycles. The Kier molecular flexibility index (Phi) is 10.0. The van der Waals surface area contributed by atoms with Crippen LogP contribution >= 0.6 is 0 Å². The summed E-state index contributed by atoms with van der Waals surface area (Å²) in [5, 5.41) is 2.20. The van der Waals surface area contributed by atoms with Crippen LogP contribution in [-0.2, 0) is 21.1 Å². The molecule has 0 N–H and O–H groups in total. The minimum absolute atomic E-state index is 0. The van der Waals surface area contributed by atoms with Gasteiger partial charge in [-0.1, -0.05) is 49.7 Å². The number of ether oxygens (including phenoxy) is 1. The Morgan fingerprint density at radius 1 is 0.667 bits per heavy atom. The first-order valence-corrected chi connectivity index (χ1v) is 19.1. The summed E-state index contributed by atoms with van der Waals surface area (Å²) in [4.78, 5) is 9.04. The molecule has 0 bridgehead atoms. The maximum atomic E-state index is 14.0. The van der Waals surface area contributed by atoms with E-state index in [0.29, 0.717) is 17.4 Å². The number of halogens is 1. The van der Waals surface area contributed by atoms with Gasteiger partial charge in [0.25, 0.3) is 0 Å². The van der Waals surface area contributed by atoms with Crippen molar-refractivity contribution in [3.8, 4) is 28.4 Å². The fourth-order valence-electron chi connectivity index (χ4n) is 8.11. The maximum absolute atomic E-state index is 14.0. The second kappa shape index (κ2) is 15.0. The van der Waals surface area contributed by atoms with Gasteiger partial charge in [-0.3, -0.25) is 0 Å². The Labute approximate surface area is 348 Å². The second-order valence-corrected chi connectivity index (χ2v) is 15.1. The van der Waals surface area contributed by atoms with Gasteiger partial charge in [-0.05, 0) is 139 Å². The van der Waals surface area contributed by atoms with E-state index in [2.05, 4.69) is 142 Å². The Morgan fingerprint density at radius 3 is 2.05 bits per heavy atom. The summed E-state index contributed by atoms with van der Waals surface area (Å²) in [5.41, 5.74) is 15.4. The first-order valence-electron chi connectivity index (χ1n) is 19.1. The number of hydrogen-bond donors (Lipinski definition) is 0. The van der Waals surface area contributed by atoms with Crippen LogP contribution in [0.3, 0.4) is 0 Å². The Balaban J connectivity index is 0.00000455. The molecular weight excluding hydrogens is 887 g/mol. The molecule has 1 aliphatic rings. The molecule has 2 aromatic heterocycles. The summed E-state index contributed by atoms with van der Waals surface area (Å²) in [5.74, 6) is 2.07. The van der Waals surface area contributed by atoms with Crippen molar-refractivity contribution in [1.82, 2.24) is 9.55 Å². The molecule has 9 rings (SSSR count). The predicted molar refractivity (Wildman–Crippen MR) is 227 cm³/mol. The topological polar surface area (TPSA) is 33.5 Å². The molecule has 0 spiro atoms. The van der Waals surface area contributed by atoms with Crippen molar-refractivity contribution < 1.29 is 30.2 Å². The first-order chi connectivity index (χ1) is 27.1. The Morgan fingerprint density at radius 2 is 1.33 bits per heavy atom. The third-order valence-electron chi connectivity index (χ3n) is 11.6. The van der Waals surface area contributed by atoms with E-state index in [-0.39, 0.29) is 26.9 Å². The van der Waals surface area contributed by atoms with Crippen LogP contribution < -0.4 is 14.5 Å². The Hall–Kier alpha value is -5.71. The minimum Gasteiger partial charge on any atom is -0.509 e. The number of fused-ring (bicyclic) bond motifs is 4. The SMILES string of the molecule is Cc1c(C)c(C)c(-c2cc(Oc3[c-]c4c(cc3)c3ccccc3n4-c3cc(C(C)C)ccn3)[c-]c(N3[CH-]N(c4ccc(F)cc4)c4ccccc43)c2)c(C)c1C.[Pt]. The molecule has 0 radical (unpaired) electrons. The van der Waals surface area contributed by atoms with Gasteiger partial charge in [0.1, 0.15) is 11.6 Å². The van der Waals surface area contributed by atoms with E-state index in [0.717, 1.165) is 55.9 Å². The summed E-state index contributed by atoms with van der Waals surface area (Å²) in [6.45, 7) is 17.5. The van der Waals surface area contributed by atoms with E-state index >= 15 is 0 Å². The molecule has 5 nitrogen and oxygen atoms in total. The Bertz CT molecular complexity index is 2800. The van der Waals surface area contributed by atoms with Crippen molar-refractivity contribution in [2.45, 2.75) is 54.4 Å². The molecule has 0 saturated heterocycles.